The molecule has 0 fully saturated rings. The van der Waals surface area contributed by atoms with Gasteiger partial charge in [-0.15, -0.1) is 0 Å². The van der Waals surface area contributed by atoms with E-state index in [2.05, 4.69) is 15.5 Å². The van der Waals surface area contributed by atoms with Gasteiger partial charge in [0.25, 0.3) is 0 Å². The highest BCUT2D eigenvalue weighted by Gasteiger charge is 2.15. The van der Waals surface area contributed by atoms with Gasteiger partial charge in [0, 0.05) is 17.5 Å². The Morgan fingerprint density at radius 1 is 1.43 bits per heavy atom. The second kappa shape index (κ2) is 6.92. The summed E-state index contributed by atoms with van der Waals surface area (Å²) in [5.41, 5.74) is 2.94. The van der Waals surface area contributed by atoms with Gasteiger partial charge in [-0.25, -0.2) is 0 Å². The molecule has 5 nitrogen and oxygen atoms in total. The fourth-order valence-corrected chi connectivity index (χ4v) is 2.22. The minimum Gasteiger partial charge on any atom is -0.494 e. The third-order valence-corrected chi connectivity index (χ3v) is 3.22. The van der Waals surface area contributed by atoms with E-state index >= 15 is 0 Å². The average molecular weight is 287 g/mol. The van der Waals surface area contributed by atoms with Crippen LogP contribution in [0.1, 0.15) is 36.7 Å². The smallest absolute Gasteiger partial charge is 0.226 e. The molecule has 0 spiro atoms. The van der Waals surface area contributed by atoms with Crippen LogP contribution in [0.4, 0.5) is 0 Å². The van der Waals surface area contributed by atoms with Crippen molar-refractivity contribution in [2.45, 2.75) is 33.2 Å². The van der Waals surface area contributed by atoms with Crippen molar-refractivity contribution in [3.63, 3.8) is 0 Å². The van der Waals surface area contributed by atoms with E-state index in [1.165, 1.54) is 0 Å². The summed E-state index contributed by atoms with van der Waals surface area (Å²) in [6, 6.07) is 7.69. The molecule has 0 aliphatic rings. The fourth-order valence-electron chi connectivity index (χ4n) is 2.22. The summed E-state index contributed by atoms with van der Waals surface area (Å²) in [5, 5.41) is 9.62. The van der Waals surface area contributed by atoms with Crippen LogP contribution in [0.15, 0.2) is 30.5 Å². The lowest BCUT2D eigenvalue weighted by Gasteiger charge is -2.18. The summed E-state index contributed by atoms with van der Waals surface area (Å²) in [7, 11) is 0. The third-order valence-electron chi connectivity index (χ3n) is 3.22. The van der Waals surface area contributed by atoms with Crippen molar-refractivity contribution in [2.24, 2.45) is 0 Å². The van der Waals surface area contributed by atoms with E-state index in [4.69, 9.17) is 4.74 Å². The molecule has 0 aliphatic carbocycles. The predicted molar refractivity (Wildman–Crippen MR) is 81.2 cm³/mol. The Kier molecular flexibility index (Phi) is 4.98. The van der Waals surface area contributed by atoms with Crippen molar-refractivity contribution in [1.82, 2.24) is 15.5 Å². The first kappa shape index (κ1) is 15.1. The molecule has 2 aromatic rings. The van der Waals surface area contributed by atoms with E-state index in [0.29, 0.717) is 13.0 Å². The standard InChI is InChI=1S/C16H21N3O2/c1-4-21-15-6-5-11(2)9-14(15)12(3)18-16(20)10-13-7-8-17-19-13/h5-9,12H,4,10H2,1-3H3,(H,17,19)(H,18,20). The quantitative estimate of drug-likeness (QED) is 0.858. The zero-order valence-electron chi connectivity index (χ0n) is 12.6. The van der Waals surface area contributed by atoms with E-state index in [0.717, 1.165) is 22.6 Å². The summed E-state index contributed by atoms with van der Waals surface area (Å²) in [6.45, 7) is 6.54. The Labute approximate surface area is 124 Å². The number of rotatable bonds is 6. The number of nitrogens with one attached hydrogen (secondary N) is 2. The normalized spacial score (nSPS) is 12.0. The minimum absolute atomic E-state index is 0.0456. The van der Waals surface area contributed by atoms with Gasteiger partial charge in [0.15, 0.2) is 0 Å². The van der Waals surface area contributed by atoms with E-state index in [9.17, 15) is 4.79 Å². The van der Waals surface area contributed by atoms with E-state index in [1.807, 2.05) is 39.0 Å². The van der Waals surface area contributed by atoms with Crippen molar-refractivity contribution in [3.05, 3.63) is 47.3 Å². The van der Waals surface area contributed by atoms with Crippen molar-refractivity contribution in [2.75, 3.05) is 6.61 Å². The number of aromatic amines is 1. The second-order valence-electron chi connectivity index (χ2n) is 5.02. The number of H-pyrrole nitrogens is 1. The number of ether oxygens (including phenoxy) is 1. The van der Waals surface area contributed by atoms with Crippen molar-refractivity contribution >= 4 is 5.91 Å². The molecule has 0 saturated heterocycles. The molecule has 0 saturated carbocycles. The maximum absolute atomic E-state index is 12.0. The topological polar surface area (TPSA) is 67.0 Å². The molecule has 1 unspecified atom stereocenters. The predicted octanol–water partition coefficient (Wildman–Crippen LogP) is 2.54. The zero-order valence-corrected chi connectivity index (χ0v) is 12.6. The van der Waals surface area contributed by atoms with Crippen LogP contribution in [0, 0.1) is 6.92 Å². The molecule has 112 valence electrons. The number of benzene rings is 1. The Morgan fingerprint density at radius 3 is 2.90 bits per heavy atom. The number of hydrogen-bond acceptors (Lipinski definition) is 3. The lowest BCUT2D eigenvalue weighted by molar-refractivity contribution is -0.121. The number of aryl methyl sites for hydroxylation is 1. The number of carbonyl (C=O) groups excluding carboxylic acids is 1. The molecule has 1 aromatic carbocycles. The van der Waals surface area contributed by atoms with Gasteiger partial charge in [-0.3, -0.25) is 9.89 Å². The Morgan fingerprint density at radius 2 is 2.24 bits per heavy atom. The molecule has 1 atom stereocenters. The average Bonchev–Trinajstić information content (AvgIpc) is 2.93. The molecule has 0 bridgehead atoms. The molecular formula is C16H21N3O2. The van der Waals surface area contributed by atoms with Crippen molar-refractivity contribution in [1.29, 1.82) is 0 Å². The minimum atomic E-state index is -0.109. The molecule has 5 heteroatoms. The van der Waals surface area contributed by atoms with Crippen LogP contribution in [0.5, 0.6) is 5.75 Å². The zero-order chi connectivity index (χ0) is 15.2. The van der Waals surface area contributed by atoms with E-state index < -0.39 is 0 Å². The number of nitrogens with zero attached hydrogens (tertiary/aromatic N) is 1. The summed E-state index contributed by atoms with van der Waals surface area (Å²) in [4.78, 5) is 12.0. The first-order valence-corrected chi connectivity index (χ1v) is 7.11. The number of carbonyl (C=O) groups is 1. The third kappa shape index (κ3) is 4.08. The number of amides is 1. The van der Waals surface area contributed by atoms with Crippen LogP contribution in [-0.4, -0.2) is 22.7 Å². The fraction of sp³-hybridized carbons (Fsp3) is 0.375. The number of aromatic nitrogens is 2. The van der Waals surface area contributed by atoms with Crippen molar-refractivity contribution in [3.8, 4) is 5.75 Å². The van der Waals surface area contributed by atoms with Crippen LogP contribution in [0.25, 0.3) is 0 Å². The van der Waals surface area contributed by atoms with Gasteiger partial charge in [-0.05, 0) is 32.9 Å². The molecule has 1 amide bonds. The maximum Gasteiger partial charge on any atom is 0.226 e. The monoisotopic (exact) mass is 287 g/mol. The van der Waals surface area contributed by atoms with Gasteiger partial charge in [0.05, 0.1) is 19.1 Å². The van der Waals surface area contributed by atoms with Crippen LogP contribution < -0.4 is 10.1 Å². The van der Waals surface area contributed by atoms with E-state index in [1.54, 1.807) is 12.3 Å². The molecule has 1 aromatic heterocycles. The van der Waals surface area contributed by atoms with Gasteiger partial charge in [0.1, 0.15) is 5.75 Å². The lowest BCUT2D eigenvalue weighted by atomic mass is 10.0. The molecule has 1 heterocycles. The first-order chi connectivity index (χ1) is 10.1. The van der Waals surface area contributed by atoms with Gasteiger partial charge >= 0.3 is 0 Å². The van der Waals surface area contributed by atoms with Crippen molar-refractivity contribution < 1.29 is 9.53 Å². The van der Waals surface area contributed by atoms with Crippen LogP contribution in [-0.2, 0) is 11.2 Å². The second-order valence-corrected chi connectivity index (χ2v) is 5.02. The Hall–Kier alpha value is -2.30. The molecule has 0 aliphatic heterocycles. The van der Waals surface area contributed by atoms with Gasteiger partial charge in [-0.2, -0.15) is 5.10 Å². The summed E-state index contributed by atoms with van der Waals surface area (Å²) in [5.74, 6) is 0.771. The van der Waals surface area contributed by atoms with E-state index in [-0.39, 0.29) is 11.9 Å². The summed E-state index contributed by atoms with van der Waals surface area (Å²) in [6.07, 6.45) is 1.93. The lowest BCUT2D eigenvalue weighted by Crippen LogP contribution is -2.28. The van der Waals surface area contributed by atoms with Gasteiger partial charge < -0.3 is 10.1 Å². The number of hydrogen-bond donors (Lipinski definition) is 2. The molecule has 2 N–H and O–H groups in total. The van der Waals surface area contributed by atoms with Crippen LogP contribution in [0.2, 0.25) is 0 Å². The molecule has 2 rings (SSSR count). The largest absolute Gasteiger partial charge is 0.494 e. The Balaban J connectivity index is 2.06. The SMILES string of the molecule is CCOc1ccc(C)cc1C(C)NC(=O)Cc1ccn[nH]1. The summed E-state index contributed by atoms with van der Waals surface area (Å²) < 4.78 is 5.63. The maximum atomic E-state index is 12.0. The highest BCUT2D eigenvalue weighted by Crippen LogP contribution is 2.26. The Bertz CT molecular complexity index is 594. The summed E-state index contributed by atoms with van der Waals surface area (Å²) >= 11 is 0. The van der Waals surface area contributed by atoms with Gasteiger partial charge in [0.2, 0.25) is 5.91 Å². The molecule has 21 heavy (non-hydrogen) atoms. The molecular weight excluding hydrogens is 266 g/mol. The highest BCUT2D eigenvalue weighted by molar-refractivity contribution is 5.78. The highest BCUT2D eigenvalue weighted by atomic mass is 16.5. The molecule has 0 radical (unpaired) electrons. The van der Waals surface area contributed by atoms with Crippen LogP contribution in [0.3, 0.4) is 0 Å². The first-order valence-electron chi connectivity index (χ1n) is 7.11. The van der Waals surface area contributed by atoms with Crippen LogP contribution >= 0.6 is 0 Å². The van der Waals surface area contributed by atoms with Gasteiger partial charge in [-0.1, -0.05) is 17.7 Å².